The molecular weight excluding hydrogens is 242 g/mol. The number of sulfone groups is 1. The number of alkyl halides is 1. The van der Waals surface area contributed by atoms with E-state index < -0.39 is 9.84 Å². The fraction of sp³-hybridized carbons (Fsp3) is 1.00. The molecule has 74 valence electrons. The minimum Gasteiger partial charge on any atom is -0.306 e. The van der Waals surface area contributed by atoms with Crippen LogP contribution in [0.4, 0.5) is 0 Å². The molecule has 0 aromatic carbocycles. The van der Waals surface area contributed by atoms with Crippen LogP contribution in [-0.4, -0.2) is 50.8 Å². The summed E-state index contributed by atoms with van der Waals surface area (Å²) in [6, 6.07) is 0. The van der Waals surface area contributed by atoms with Crippen molar-refractivity contribution in [2.75, 3.05) is 37.5 Å². The normalized spacial score (nSPS) is 12.3. The zero-order chi connectivity index (χ0) is 9.61. The summed E-state index contributed by atoms with van der Waals surface area (Å²) >= 11 is 3.32. The van der Waals surface area contributed by atoms with Crippen LogP contribution in [0.25, 0.3) is 0 Å². The van der Waals surface area contributed by atoms with E-state index in [9.17, 15) is 8.42 Å². The van der Waals surface area contributed by atoms with Gasteiger partial charge in [-0.2, -0.15) is 0 Å². The van der Waals surface area contributed by atoms with E-state index in [0.717, 1.165) is 24.8 Å². The van der Waals surface area contributed by atoms with Crippen LogP contribution in [0.3, 0.4) is 0 Å². The van der Waals surface area contributed by atoms with Gasteiger partial charge < -0.3 is 4.90 Å². The monoisotopic (exact) mass is 257 g/mol. The first-order valence-corrected chi connectivity index (χ1v) is 7.06. The molecule has 0 saturated heterocycles. The second kappa shape index (κ2) is 5.94. The third kappa shape index (κ3) is 8.49. The van der Waals surface area contributed by atoms with Gasteiger partial charge in [0, 0.05) is 18.1 Å². The Morgan fingerprint density at radius 3 is 2.33 bits per heavy atom. The Labute approximate surface area is 83.2 Å². The van der Waals surface area contributed by atoms with Gasteiger partial charge >= 0.3 is 0 Å². The molecule has 0 aromatic heterocycles. The minimum atomic E-state index is -2.77. The summed E-state index contributed by atoms with van der Waals surface area (Å²) in [5.74, 6) is 0.291. The third-order valence-corrected chi connectivity index (χ3v) is 2.91. The smallest absolute Gasteiger partial charge is 0.147 e. The Bertz CT molecular complexity index is 203. The molecule has 0 radical (unpaired) electrons. The Morgan fingerprint density at radius 1 is 1.33 bits per heavy atom. The van der Waals surface area contributed by atoms with Gasteiger partial charge in [-0.05, 0) is 20.0 Å². The lowest BCUT2D eigenvalue weighted by Crippen LogP contribution is -2.23. The Kier molecular flexibility index (Phi) is 6.13. The van der Waals surface area contributed by atoms with Crippen molar-refractivity contribution in [1.82, 2.24) is 4.90 Å². The van der Waals surface area contributed by atoms with Crippen LogP contribution in [-0.2, 0) is 9.84 Å². The maximum Gasteiger partial charge on any atom is 0.147 e. The van der Waals surface area contributed by atoms with Gasteiger partial charge in [0.1, 0.15) is 9.84 Å². The minimum absolute atomic E-state index is 0.291. The van der Waals surface area contributed by atoms with Crippen LogP contribution in [0.2, 0.25) is 0 Å². The summed E-state index contributed by atoms with van der Waals surface area (Å²) in [4.78, 5) is 2.11. The van der Waals surface area contributed by atoms with Crippen molar-refractivity contribution in [3.8, 4) is 0 Å². The van der Waals surface area contributed by atoms with E-state index >= 15 is 0 Å². The number of rotatable bonds is 6. The Hall–Kier alpha value is 0.390. The molecule has 12 heavy (non-hydrogen) atoms. The van der Waals surface area contributed by atoms with Crippen molar-refractivity contribution in [3.63, 3.8) is 0 Å². The van der Waals surface area contributed by atoms with Crippen LogP contribution < -0.4 is 0 Å². The number of halogens is 1. The van der Waals surface area contributed by atoms with E-state index in [2.05, 4.69) is 20.8 Å². The first-order chi connectivity index (χ1) is 5.45. The molecule has 0 unspecified atom stereocenters. The quantitative estimate of drug-likeness (QED) is 0.660. The molecule has 0 aliphatic rings. The molecule has 3 nitrogen and oxygen atoms in total. The van der Waals surface area contributed by atoms with Crippen LogP contribution in [0.1, 0.15) is 6.42 Å². The van der Waals surface area contributed by atoms with Crippen LogP contribution in [0.5, 0.6) is 0 Å². The molecule has 0 aliphatic carbocycles. The third-order valence-electron chi connectivity index (χ3n) is 1.52. The largest absolute Gasteiger partial charge is 0.306 e. The van der Waals surface area contributed by atoms with Gasteiger partial charge in [0.15, 0.2) is 0 Å². The Balaban J connectivity index is 3.44. The lowest BCUT2D eigenvalue weighted by atomic mass is 10.4. The summed E-state index contributed by atoms with van der Waals surface area (Å²) in [5, 5.41) is 0.933. The van der Waals surface area contributed by atoms with E-state index in [1.807, 2.05) is 7.05 Å². The van der Waals surface area contributed by atoms with Gasteiger partial charge in [0.05, 0.1) is 5.75 Å². The van der Waals surface area contributed by atoms with E-state index in [0.29, 0.717) is 5.75 Å². The molecule has 0 rings (SSSR count). The van der Waals surface area contributed by atoms with Gasteiger partial charge in [-0.3, -0.25) is 0 Å². The number of nitrogens with zero attached hydrogens (tertiary/aromatic N) is 1. The summed E-state index contributed by atoms with van der Waals surface area (Å²) in [6.07, 6.45) is 2.00. The molecule has 0 amide bonds. The molecule has 0 aliphatic heterocycles. The molecule has 0 heterocycles. The summed E-state index contributed by atoms with van der Waals surface area (Å²) in [7, 11) is -0.783. The van der Waals surface area contributed by atoms with E-state index in [1.54, 1.807) is 0 Å². The van der Waals surface area contributed by atoms with Gasteiger partial charge in [-0.1, -0.05) is 15.9 Å². The average molecular weight is 258 g/mol. The molecule has 0 saturated carbocycles. The number of hydrogen-bond acceptors (Lipinski definition) is 3. The lowest BCUT2D eigenvalue weighted by molar-refractivity contribution is 0.357. The summed E-state index contributed by atoms with van der Waals surface area (Å²) in [5.41, 5.74) is 0. The fourth-order valence-corrected chi connectivity index (χ4v) is 2.11. The molecule has 0 fully saturated rings. The van der Waals surface area contributed by atoms with Crippen molar-refractivity contribution < 1.29 is 8.42 Å². The van der Waals surface area contributed by atoms with E-state index in [4.69, 9.17) is 0 Å². The molecule has 0 atom stereocenters. The van der Waals surface area contributed by atoms with Crippen molar-refractivity contribution in [1.29, 1.82) is 0 Å². The van der Waals surface area contributed by atoms with Crippen LogP contribution >= 0.6 is 15.9 Å². The first kappa shape index (κ1) is 12.4. The zero-order valence-electron chi connectivity index (χ0n) is 7.59. The van der Waals surface area contributed by atoms with Gasteiger partial charge in [0.2, 0.25) is 0 Å². The number of hydrogen-bond donors (Lipinski definition) is 0. The van der Waals surface area contributed by atoms with E-state index in [1.165, 1.54) is 6.26 Å². The van der Waals surface area contributed by atoms with Gasteiger partial charge in [0.25, 0.3) is 0 Å². The highest BCUT2D eigenvalue weighted by Crippen LogP contribution is 1.93. The molecule has 0 spiro atoms. The van der Waals surface area contributed by atoms with Crippen molar-refractivity contribution >= 4 is 25.8 Å². The van der Waals surface area contributed by atoms with E-state index in [-0.39, 0.29) is 0 Å². The van der Waals surface area contributed by atoms with Gasteiger partial charge in [-0.15, -0.1) is 0 Å². The average Bonchev–Trinajstić information content (AvgIpc) is 1.84. The SMILES string of the molecule is CN(CCBr)CCCS(C)(=O)=O. The highest BCUT2D eigenvalue weighted by Gasteiger charge is 2.02. The maximum atomic E-state index is 10.7. The zero-order valence-corrected chi connectivity index (χ0v) is 9.99. The van der Waals surface area contributed by atoms with Crippen LogP contribution in [0.15, 0.2) is 0 Å². The highest BCUT2D eigenvalue weighted by atomic mass is 79.9. The topological polar surface area (TPSA) is 37.4 Å². The van der Waals surface area contributed by atoms with Crippen LogP contribution in [0, 0.1) is 0 Å². The molecule has 5 heteroatoms. The van der Waals surface area contributed by atoms with Crippen molar-refractivity contribution in [3.05, 3.63) is 0 Å². The highest BCUT2D eigenvalue weighted by molar-refractivity contribution is 9.09. The van der Waals surface area contributed by atoms with Crippen molar-refractivity contribution in [2.24, 2.45) is 0 Å². The Morgan fingerprint density at radius 2 is 1.92 bits per heavy atom. The van der Waals surface area contributed by atoms with Crippen molar-refractivity contribution in [2.45, 2.75) is 6.42 Å². The summed E-state index contributed by atoms with van der Waals surface area (Å²) < 4.78 is 21.5. The second-order valence-electron chi connectivity index (χ2n) is 2.98. The molecule has 0 aromatic rings. The lowest BCUT2D eigenvalue weighted by Gasteiger charge is -2.13. The molecule has 0 bridgehead atoms. The standard InChI is InChI=1S/C7H16BrNO2S/c1-9(6-4-8)5-3-7-12(2,10)11/h3-7H2,1-2H3. The maximum absolute atomic E-state index is 10.7. The molecule has 0 N–H and O–H groups in total. The molecular formula is C7H16BrNO2S. The predicted octanol–water partition coefficient (Wildman–Crippen LogP) is 0.748. The summed E-state index contributed by atoms with van der Waals surface area (Å²) in [6.45, 7) is 1.81. The second-order valence-corrected chi connectivity index (χ2v) is 6.03. The predicted molar refractivity (Wildman–Crippen MR) is 55.6 cm³/mol. The fourth-order valence-electron chi connectivity index (χ4n) is 0.853. The van der Waals surface area contributed by atoms with Gasteiger partial charge in [-0.25, -0.2) is 8.42 Å². The first-order valence-electron chi connectivity index (χ1n) is 3.88.